The van der Waals surface area contributed by atoms with Gasteiger partial charge in [0.2, 0.25) is 0 Å². The second-order valence-electron chi connectivity index (χ2n) is 4.92. The first-order chi connectivity index (χ1) is 10.4. The second-order valence-corrected chi connectivity index (χ2v) is 4.92. The van der Waals surface area contributed by atoms with E-state index in [1.807, 2.05) is 0 Å². The van der Waals surface area contributed by atoms with Crippen molar-refractivity contribution in [3.63, 3.8) is 0 Å². The topological polar surface area (TPSA) is 92.5 Å². The monoisotopic (exact) mass is 300 g/mol. The third-order valence-electron chi connectivity index (χ3n) is 3.41. The molecule has 0 spiro atoms. The molecule has 2 N–H and O–H groups in total. The molecular weight excluding hydrogens is 284 g/mol. The number of nitro benzene ring substituents is 1. The van der Waals surface area contributed by atoms with Gasteiger partial charge in [0.1, 0.15) is 0 Å². The predicted molar refractivity (Wildman–Crippen MR) is 82.9 cm³/mol. The highest BCUT2D eigenvalue weighted by molar-refractivity contribution is 6.06. The molecule has 1 atom stereocenters. The fraction of sp³-hybridized carbons (Fsp3) is 0.188. The second kappa shape index (κ2) is 6.36. The van der Waals surface area contributed by atoms with Crippen LogP contribution >= 0.6 is 0 Å². The van der Waals surface area contributed by atoms with E-state index < -0.39 is 16.9 Å². The number of aliphatic hydroxyl groups excluding tert-OH is 1. The maximum atomic E-state index is 12.4. The average molecular weight is 300 g/mol. The van der Waals surface area contributed by atoms with E-state index in [1.54, 1.807) is 31.2 Å². The molecule has 2 aromatic carbocycles. The van der Waals surface area contributed by atoms with Gasteiger partial charge in [0, 0.05) is 28.4 Å². The molecule has 2 rings (SSSR count). The van der Waals surface area contributed by atoms with Gasteiger partial charge in [-0.25, -0.2) is 0 Å². The normalized spacial score (nSPS) is 11.8. The third-order valence-corrected chi connectivity index (χ3v) is 3.41. The summed E-state index contributed by atoms with van der Waals surface area (Å²) in [4.78, 5) is 22.8. The lowest BCUT2D eigenvalue weighted by molar-refractivity contribution is -0.385. The molecule has 6 nitrogen and oxygen atoms in total. The predicted octanol–water partition coefficient (Wildman–Crippen LogP) is 3.21. The number of amides is 1. The summed E-state index contributed by atoms with van der Waals surface area (Å²) >= 11 is 0. The molecule has 114 valence electrons. The highest BCUT2D eigenvalue weighted by atomic mass is 16.6. The molecule has 0 fully saturated rings. The number of para-hydroxylation sites is 1. The Bertz CT molecular complexity index is 726. The lowest BCUT2D eigenvalue weighted by Crippen LogP contribution is -2.15. The van der Waals surface area contributed by atoms with Crippen LogP contribution in [0.1, 0.15) is 34.5 Å². The van der Waals surface area contributed by atoms with Crippen LogP contribution in [0, 0.1) is 17.0 Å². The van der Waals surface area contributed by atoms with Gasteiger partial charge in [-0.15, -0.1) is 0 Å². The molecule has 0 aromatic heterocycles. The quantitative estimate of drug-likeness (QED) is 0.670. The zero-order valence-corrected chi connectivity index (χ0v) is 12.2. The minimum atomic E-state index is -0.734. The van der Waals surface area contributed by atoms with Crippen LogP contribution < -0.4 is 5.32 Å². The van der Waals surface area contributed by atoms with E-state index in [0.717, 1.165) is 0 Å². The van der Waals surface area contributed by atoms with Crippen molar-refractivity contribution in [3.8, 4) is 0 Å². The molecule has 0 aliphatic carbocycles. The van der Waals surface area contributed by atoms with Crippen molar-refractivity contribution in [2.24, 2.45) is 0 Å². The molecule has 2 aromatic rings. The average Bonchev–Trinajstić information content (AvgIpc) is 2.47. The number of hydrogen-bond donors (Lipinski definition) is 2. The van der Waals surface area contributed by atoms with Crippen molar-refractivity contribution in [2.45, 2.75) is 20.0 Å². The summed E-state index contributed by atoms with van der Waals surface area (Å²) in [6.07, 6.45) is -0.734. The van der Waals surface area contributed by atoms with Gasteiger partial charge >= 0.3 is 0 Å². The molecule has 6 heteroatoms. The summed E-state index contributed by atoms with van der Waals surface area (Å²) in [5, 5.41) is 23.4. The number of rotatable bonds is 4. The summed E-state index contributed by atoms with van der Waals surface area (Å²) < 4.78 is 0. The Labute approximate surface area is 127 Å². The van der Waals surface area contributed by atoms with Crippen molar-refractivity contribution < 1.29 is 14.8 Å². The summed E-state index contributed by atoms with van der Waals surface area (Å²) in [5.74, 6) is -0.450. The maximum absolute atomic E-state index is 12.4. The fourth-order valence-corrected chi connectivity index (χ4v) is 2.23. The minimum Gasteiger partial charge on any atom is -0.389 e. The van der Waals surface area contributed by atoms with Gasteiger partial charge in [0.05, 0.1) is 11.0 Å². The van der Waals surface area contributed by atoms with E-state index in [2.05, 4.69) is 5.32 Å². The standard InChI is InChI=1S/C16H16N2O4/c1-10-12(7-5-9-15(10)18(21)22)16(20)17-14-8-4-3-6-13(14)11(2)19/h3-9,11,19H,1-2H3,(H,17,20). The number of hydrogen-bond acceptors (Lipinski definition) is 4. The van der Waals surface area contributed by atoms with Gasteiger partial charge in [-0.1, -0.05) is 24.3 Å². The van der Waals surface area contributed by atoms with E-state index in [1.165, 1.54) is 25.1 Å². The van der Waals surface area contributed by atoms with E-state index in [-0.39, 0.29) is 11.3 Å². The van der Waals surface area contributed by atoms with Gasteiger partial charge in [-0.3, -0.25) is 14.9 Å². The zero-order chi connectivity index (χ0) is 16.3. The molecule has 22 heavy (non-hydrogen) atoms. The van der Waals surface area contributed by atoms with Crippen LogP contribution in [0.5, 0.6) is 0 Å². The number of carbonyl (C=O) groups excluding carboxylic acids is 1. The van der Waals surface area contributed by atoms with E-state index >= 15 is 0 Å². The summed E-state index contributed by atoms with van der Waals surface area (Å²) in [7, 11) is 0. The van der Waals surface area contributed by atoms with Gasteiger partial charge < -0.3 is 10.4 Å². The Morgan fingerprint density at radius 1 is 1.23 bits per heavy atom. The van der Waals surface area contributed by atoms with Crippen molar-refractivity contribution >= 4 is 17.3 Å². The van der Waals surface area contributed by atoms with Crippen LogP contribution in [0.3, 0.4) is 0 Å². The molecular formula is C16H16N2O4. The number of aliphatic hydroxyl groups is 1. The number of benzene rings is 2. The number of anilines is 1. The Morgan fingerprint density at radius 2 is 1.91 bits per heavy atom. The highest BCUT2D eigenvalue weighted by Crippen LogP contribution is 2.25. The summed E-state index contributed by atoms with van der Waals surface area (Å²) in [6, 6.07) is 11.2. The van der Waals surface area contributed by atoms with E-state index in [0.29, 0.717) is 16.8 Å². The van der Waals surface area contributed by atoms with Gasteiger partial charge in [0.25, 0.3) is 11.6 Å². The zero-order valence-electron chi connectivity index (χ0n) is 12.2. The fourth-order valence-electron chi connectivity index (χ4n) is 2.23. The molecule has 0 saturated heterocycles. The van der Waals surface area contributed by atoms with Crippen LogP contribution in [0.15, 0.2) is 42.5 Å². The lowest BCUT2D eigenvalue weighted by Gasteiger charge is -2.13. The summed E-state index contributed by atoms with van der Waals surface area (Å²) in [6.45, 7) is 3.14. The molecule has 1 unspecified atom stereocenters. The first kappa shape index (κ1) is 15.7. The first-order valence-corrected chi connectivity index (χ1v) is 6.74. The van der Waals surface area contributed by atoms with Crippen molar-refractivity contribution in [1.29, 1.82) is 0 Å². The molecule has 0 heterocycles. The van der Waals surface area contributed by atoms with Gasteiger partial charge in [-0.2, -0.15) is 0 Å². The van der Waals surface area contributed by atoms with Gasteiger partial charge in [0.15, 0.2) is 0 Å². The van der Waals surface area contributed by atoms with Crippen molar-refractivity contribution in [1.82, 2.24) is 0 Å². The van der Waals surface area contributed by atoms with Crippen LogP contribution in [0.2, 0.25) is 0 Å². The molecule has 0 radical (unpaired) electrons. The number of nitrogens with zero attached hydrogens (tertiary/aromatic N) is 1. The van der Waals surface area contributed by atoms with Crippen molar-refractivity contribution in [3.05, 3.63) is 69.3 Å². The Balaban J connectivity index is 2.35. The van der Waals surface area contributed by atoms with E-state index in [9.17, 15) is 20.0 Å². The minimum absolute atomic E-state index is 0.100. The van der Waals surface area contributed by atoms with Gasteiger partial charge in [-0.05, 0) is 26.0 Å². The lowest BCUT2D eigenvalue weighted by atomic mass is 10.0. The Kier molecular flexibility index (Phi) is 4.53. The molecule has 0 bridgehead atoms. The van der Waals surface area contributed by atoms with Crippen LogP contribution in [-0.2, 0) is 0 Å². The smallest absolute Gasteiger partial charge is 0.273 e. The van der Waals surface area contributed by atoms with E-state index in [4.69, 9.17) is 0 Å². The van der Waals surface area contributed by atoms with Crippen molar-refractivity contribution in [2.75, 3.05) is 5.32 Å². The Morgan fingerprint density at radius 3 is 2.55 bits per heavy atom. The van der Waals surface area contributed by atoms with Crippen LogP contribution in [-0.4, -0.2) is 15.9 Å². The number of nitrogens with one attached hydrogen (secondary N) is 1. The Hall–Kier alpha value is -2.73. The van der Waals surface area contributed by atoms with Crippen LogP contribution in [0.25, 0.3) is 0 Å². The number of nitro groups is 1. The number of carbonyl (C=O) groups is 1. The maximum Gasteiger partial charge on any atom is 0.273 e. The largest absolute Gasteiger partial charge is 0.389 e. The molecule has 0 saturated carbocycles. The molecule has 0 aliphatic heterocycles. The summed E-state index contributed by atoms with van der Waals surface area (Å²) in [5.41, 5.74) is 1.50. The SMILES string of the molecule is Cc1c(C(=O)Nc2ccccc2C(C)O)cccc1[N+](=O)[O-]. The molecule has 0 aliphatic rings. The molecule has 1 amide bonds. The third kappa shape index (κ3) is 3.12. The van der Waals surface area contributed by atoms with Crippen LogP contribution in [0.4, 0.5) is 11.4 Å². The first-order valence-electron chi connectivity index (χ1n) is 6.74. The highest BCUT2D eigenvalue weighted by Gasteiger charge is 2.19.